The van der Waals surface area contributed by atoms with Crippen LogP contribution in [0.1, 0.15) is 58.3 Å². The molecule has 2 saturated heterocycles. The maximum absolute atomic E-state index is 11.0. The van der Waals surface area contributed by atoms with E-state index >= 15 is 0 Å². The van der Waals surface area contributed by atoms with Crippen molar-refractivity contribution in [3.63, 3.8) is 0 Å². The first-order valence-electron chi connectivity index (χ1n) is 7.53. The van der Waals surface area contributed by atoms with Crippen LogP contribution in [0.15, 0.2) is 0 Å². The highest BCUT2D eigenvalue weighted by Crippen LogP contribution is 2.61. The lowest BCUT2D eigenvalue weighted by Crippen LogP contribution is -2.62. The fraction of sp³-hybridized carbons (Fsp3) is 1.00. The van der Waals surface area contributed by atoms with Gasteiger partial charge in [-0.1, -0.05) is 12.8 Å². The summed E-state index contributed by atoms with van der Waals surface area (Å²) in [7, 11) is 0. The predicted molar refractivity (Wildman–Crippen MR) is 65.3 cm³/mol. The highest BCUT2D eigenvalue weighted by molar-refractivity contribution is 5.08. The molecular formula is C15H24O2. The van der Waals surface area contributed by atoms with E-state index in [2.05, 4.69) is 6.92 Å². The van der Waals surface area contributed by atoms with Crippen molar-refractivity contribution in [2.24, 2.45) is 23.7 Å². The second kappa shape index (κ2) is 3.27. The van der Waals surface area contributed by atoms with Crippen molar-refractivity contribution in [1.29, 1.82) is 0 Å². The largest absolute Gasteiger partial charge is 0.365 e. The summed E-state index contributed by atoms with van der Waals surface area (Å²) in [4.78, 5) is 0. The molecule has 1 N–H and O–H groups in total. The first kappa shape index (κ1) is 10.8. The Morgan fingerprint density at radius 2 is 1.59 bits per heavy atom. The number of hydrogen-bond acceptors (Lipinski definition) is 2. The van der Waals surface area contributed by atoms with E-state index in [1.807, 2.05) is 0 Å². The SMILES string of the molecule is C[C@]12C[C@H]3CCC[C@H]3[C@](O)(C[C@H]3CCC[C@H]31)O2. The second-order valence-electron chi connectivity index (χ2n) is 7.26. The molecule has 2 nitrogen and oxygen atoms in total. The summed E-state index contributed by atoms with van der Waals surface area (Å²) in [6.07, 6.45) is 9.94. The maximum atomic E-state index is 11.0. The third-order valence-corrected chi connectivity index (χ3v) is 6.31. The summed E-state index contributed by atoms with van der Waals surface area (Å²) in [6.45, 7) is 2.29. The van der Waals surface area contributed by atoms with Crippen molar-refractivity contribution < 1.29 is 9.84 Å². The van der Waals surface area contributed by atoms with E-state index in [0.29, 0.717) is 5.92 Å². The van der Waals surface area contributed by atoms with Crippen LogP contribution in [0, 0.1) is 23.7 Å². The second-order valence-corrected chi connectivity index (χ2v) is 7.26. The van der Waals surface area contributed by atoms with Gasteiger partial charge in [-0.15, -0.1) is 0 Å². The van der Waals surface area contributed by atoms with Crippen LogP contribution in [-0.2, 0) is 4.74 Å². The van der Waals surface area contributed by atoms with Crippen molar-refractivity contribution in [3.05, 3.63) is 0 Å². The fourth-order valence-electron chi connectivity index (χ4n) is 5.80. The van der Waals surface area contributed by atoms with Crippen LogP contribution >= 0.6 is 0 Å². The summed E-state index contributed by atoms with van der Waals surface area (Å²) in [5.74, 6) is 1.88. The lowest BCUT2D eigenvalue weighted by atomic mass is 9.63. The summed E-state index contributed by atoms with van der Waals surface area (Å²) in [6, 6.07) is 0. The van der Waals surface area contributed by atoms with Crippen molar-refractivity contribution in [2.45, 2.75) is 69.7 Å². The average molecular weight is 236 g/mol. The van der Waals surface area contributed by atoms with Gasteiger partial charge in [0.25, 0.3) is 0 Å². The first-order valence-corrected chi connectivity index (χ1v) is 7.53. The van der Waals surface area contributed by atoms with Crippen LogP contribution in [0.25, 0.3) is 0 Å². The van der Waals surface area contributed by atoms with Gasteiger partial charge in [-0.05, 0) is 56.8 Å². The minimum atomic E-state index is -0.764. The molecule has 0 aromatic heterocycles. The van der Waals surface area contributed by atoms with Gasteiger partial charge >= 0.3 is 0 Å². The third-order valence-electron chi connectivity index (χ3n) is 6.31. The van der Waals surface area contributed by atoms with Crippen LogP contribution in [0.3, 0.4) is 0 Å². The molecule has 6 atom stereocenters. The predicted octanol–water partition coefficient (Wildman–Crippen LogP) is 3.09. The van der Waals surface area contributed by atoms with Gasteiger partial charge in [-0.25, -0.2) is 0 Å². The lowest BCUT2D eigenvalue weighted by Gasteiger charge is -2.58. The minimum Gasteiger partial charge on any atom is -0.365 e. The van der Waals surface area contributed by atoms with Crippen molar-refractivity contribution >= 4 is 0 Å². The molecule has 0 unspecified atom stereocenters. The molecule has 2 aliphatic carbocycles. The highest BCUT2D eigenvalue weighted by Gasteiger charge is 2.62. The van der Waals surface area contributed by atoms with Crippen LogP contribution in [0.5, 0.6) is 0 Å². The van der Waals surface area contributed by atoms with Crippen LogP contribution < -0.4 is 0 Å². The standard InChI is InChI=1S/C15H24O2/c1-14-8-10-4-3-7-13(10)15(16,17-14)9-11-5-2-6-12(11)14/h10-13,16H,2-9H2,1H3/t10-,11-,12-,13-,14+,15+/m1/s1. The average Bonchev–Trinajstić information content (AvgIpc) is 2.84. The summed E-state index contributed by atoms with van der Waals surface area (Å²) in [5.41, 5.74) is -0.0142. The van der Waals surface area contributed by atoms with E-state index in [1.54, 1.807) is 0 Å². The molecule has 4 aliphatic rings. The molecule has 0 aromatic carbocycles. The van der Waals surface area contributed by atoms with E-state index in [9.17, 15) is 5.11 Å². The quantitative estimate of drug-likeness (QED) is 0.700. The molecule has 2 aliphatic heterocycles. The van der Waals surface area contributed by atoms with Crippen LogP contribution in [0.2, 0.25) is 0 Å². The molecule has 96 valence electrons. The number of fused-ring (bicyclic) bond motifs is 6. The van der Waals surface area contributed by atoms with Crippen LogP contribution in [0.4, 0.5) is 0 Å². The zero-order chi connectivity index (χ0) is 11.7. The monoisotopic (exact) mass is 236 g/mol. The Balaban J connectivity index is 1.74. The van der Waals surface area contributed by atoms with Crippen molar-refractivity contribution in [2.75, 3.05) is 0 Å². The van der Waals surface area contributed by atoms with Crippen molar-refractivity contribution in [1.82, 2.24) is 0 Å². The Hall–Kier alpha value is -0.0800. The Bertz CT molecular complexity index is 310. The molecule has 2 bridgehead atoms. The van der Waals surface area contributed by atoms with Gasteiger partial charge in [0.05, 0.1) is 5.60 Å². The molecular weight excluding hydrogens is 212 g/mol. The summed E-state index contributed by atoms with van der Waals surface area (Å²) >= 11 is 0. The van der Waals surface area contributed by atoms with Gasteiger partial charge in [-0.3, -0.25) is 0 Å². The maximum Gasteiger partial charge on any atom is 0.169 e. The van der Waals surface area contributed by atoms with Gasteiger partial charge < -0.3 is 9.84 Å². The summed E-state index contributed by atoms with van der Waals surface area (Å²) < 4.78 is 6.28. The van der Waals surface area contributed by atoms with E-state index in [1.165, 1.54) is 44.9 Å². The van der Waals surface area contributed by atoms with E-state index < -0.39 is 5.79 Å². The molecule has 0 aromatic rings. The Labute approximate surface area is 104 Å². The Kier molecular flexibility index (Phi) is 2.08. The molecule has 4 rings (SSSR count). The Morgan fingerprint density at radius 3 is 2.35 bits per heavy atom. The first-order chi connectivity index (χ1) is 8.11. The number of rotatable bonds is 0. The lowest BCUT2D eigenvalue weighted by molar-refractivity contribution is -0.366. The van der Waals surface area contributed by atoms with Gasteiger partial charge in [0.15, 0.2) is 5.79 Å². The number of hydrogen-bond donors (Lipinski definition) is 1. The van der Waals surface area contributed by atoms with E-state index in [0.717, 1.165) is 24.2 Å². The highest BCUT2D eigenvalue weighted by atomic mass is 16.6. The smallest absolute Gasteiger partial charge is 0.169 e. The van der Waals surface area contributed by atoms with E-state index in [4.69, 9.17) is 4.74 Å². The summed E-state index contributed by atoms with van der Waals surface area (Å²) in [5, 5.41) is 11.0. The zero-order valence-electron chi connectivity index (χ0n) is 10.8. The van der Waals surface area contributed by atoms with Crippen molar-refractivity contribution in [3.8, 4) is 0 Å². The Morgan fingerprint density at radius 1 is 0.941 bits per heavy atom. The molecule has 2 heterocycles. The molecule has 0 amide bonds. The number of ether oxygens (including phenoxy) is 1. The van der Waals surface area contributed by atoms with Gasteiger partial charge in [0, 0.05) is 12.3 Å². The molecule has 2 heteroatoms. The number of aliphatic hydroxyl groups is 1. The fourth-order valence-corrected chi connectivity index (χ4v) is 5.80. The van der Waals surface area contributed by atoms with E-state index in [-0.39, 0.29) is 5.60 Å². The molecule has 0 radical (unpaired) electrons. The molecule has 4 fully saturated rings. The van der Waals surface area contributed by atoms with Crippen LogP contribution in [-0.4, -0.2) is 16.5 Å². The van der Waals surface area contributed by atoms with Gasteiger partial charge in [0.1, 0.15) is 0 Å². The third kappa shape index (κ3) is 1.34. The zero-order valence-corrected chi connectivity index (χ0v) is 10.8. The minimum absolute atomic E-state index is 0.0142. The van der Waals surface area contributed by atoms with Gasteiger partial charge in [-0.2, -0.15) is 0 Å². The topological polar surface area (TPSA) is 29.5 Å². The van der Waals surface area contributed by atoms with Gasteiger partial charge in [0.2, 0.25) is 0 Å². The molecule has 17 heavy (non-hydrogen) atoms. The molecule has 0 spiro atoms. The normalized spacial score (nSPS) is 61.1. The molecule has 2 saturated carbocycles.